The number of hydrogen-bond donors (Lipinski definition) is 1. The van der Waals surface area contributed by atoms with Crippen molar-refractivity contribution in [3.8, 4) is 0 Å². The molecule has 1 unspecified atom stereocenters. The normalized spacial score (nSPS) is 14.1. The third-order valence-corrected chi connectivity index (χ3v) is 3.17. The lowest BCUT2D eigenvalue weighted by atomic mass is 9.98. The van der Waals surface area contributed by atoms with Crippen LogP contribution in [0, 0.1) is 5.92 Å². The first kappa shape index (κ1) is 17.6. The summed E-state index contributed by atoms with van der Waals surface area (Å²) in [6.07, 6.45) is 10.4. The van der Waals surface area contributed by atoms with Crippen molar-refractivity contribution in [2.75, 3.05) is 7.11 Å². The number of pyridine rings is 1. The number of nitrogens with zero attached hydrogens (tertiary/aromatic N) is 3. The largest absolute Gasteiger partial charge is 0.323 e. The minimum absolute atomic E-state index is 0.0222. The van der Waals surface area contributed by atoms with Crippen LogP contribution in [0.15, 0.2) is 53.6 Å². The molecule has 0 bridgehead atoms. The molecule has 1 aromatic heterocycles. The first-order valence-electron chi connectivity index (χ1n) is 7.02. The van der Waals surface area contributed by atoms with Gasteiger partial charge in [0, 0.05) is 29.6 Å². The van der Waals surface area contributed by atoms with E-state index in [1.54, 1.807) is 12.4 Å². The van der Waals surface area contributed by atoms with Crippen LogP contribution >= 0.6 is 0 Å². The molecule has 6 heteroatoms. The van der Waals surface area contributed by atoms with E-state index in [4.69, 9.17) is 10.7 Å². The molecule has 118 valence electrons. The van der Waals surface area contributed by atoms with Gasteiger partial charge in [-0.15, -0.1) is 0 Å². The van der Waals surface area contributed by atoms with Gasteiger partial charge in [-0.1, -0.05) is 26.0 Å². The maximum absolute atomic E-state index is 10.9. The van der Waals surface area contributed by atoms with Crippen LogP contribution in [0.1, 0.15) is 25.8 Å². The van der Waals surface area contributed by atoms with Gasteiger partial charge < -0.3 is 5.84 Å². The van der Waals surface area contributed by atoms with E-state index in [1.807, 2.05) is 44.2 Å². The van der Waals surface area contributed by atoms with Crippen molar-refractivity contribution in [3.63, 3.8) is 0 Å². The zero-order valence-electron chi connectivity index (χ0n) is 13.1. The first-order valence-corrected chi connectivity index (χ1v) is 7.02. The third-order valence-electron chi connectivity index (χ3n) is 3.17. The summed E-state index contributed by atoms with van der Waals surface area (Å²) in [5, 5.41) is 5.06. The molecular weight excluding hydrogens is 280 g/mol. The number of amides is 1. The van der Waals surface area contributed by atoms with Crippen molar-refractivity contribution in [1.29, 1.82) is 0 Å². The number of hydrogen-bond acceptors (Lipinski definition) is 5. The van der Waals surface area contributed by atoms with Gasteiger partial charge in [0.1, 0.15) is 0 Å². The molecule has 1 rings (SSSR count). The molecule has 0 aliphatic heterocycles. The molecule has 6 nitrogen and oxygen atoms in total. The van der Waals surface area contributed by atoms with Crippen LogP contribution < -0.4 is 5.84 Å². The quantitative estimate of drug-likeness (QED) is 0.262. The second kappa shape index (κ2) is 9.46. The summed E-state index contributed by atoms with van der Waals surface area (Å²) in [6, 6.07) is 3.73. The average molecular weight is 302 g/mol. The van der Waals surface area contributed by atoms with E-state index < -0.39 is 0 Å². The number of allylic oxidation sites excluding steroid dienone is 4. The fraction of sp³-hybridized carbons (Fsp3) is 0.312. The number of nitrogens with two attached hydrogens (primary N) is 1. The Morgan fingerprint density at radius 3 is 2.68 bits per heavy atom. The fourth-order valence-electron chi connectivity index (χ4n) is 1.98. The predicted octanol–water partition coefficient (Wildman–Crippen LogP) is 2.25. The minimum atomic E-state index is 0.0222. The molecule has 0 saturated heterocycles. The average Bonchev–Trinajstić information content (AvgIpc) is 2.56. The van der Waals surface area contributed by atoms with E-state index in [0.717, 1.165) is 17.0 Å². The van der Waals surface area contributed by atoms with Crippen LogP contribution in [0.25, 0.3) is 0 Å². The Morgan fingerprint density at radius 2 is 2.18 bits per heavy atom. The third kappa shape index (κ3) is 4.82. The van der Waals surface area contributed by atoms with Crippen LogP contribution in [0.3, 0.4) is 0 Å². The summed E-state index contributed by atoms with van der Waals surface area (Å²) in [7, 11) is 1.45. The second-order valence-electron chi connectivity index (χ2n) is 4.55. The molecule has 0 aliphatic rings. The summed E-state index contributed by atoms with van der Waals surface area (Å²) in [5.74, 6) is 5.52. The van der Waals surface area contributed by atoms with Crippen LogP contribution in [-0.2, 0) is 9.63 Å². The zero-order chi connectivity index (χ0) is 16.4. The highest BCUT2D eigenvalue weighted by Gasteiger charge is 2.10. The number of aromatic nitrogens is 1. The van der Waals surface area contributed by atoms with Crippen molar-refractivity contribution in [2.45, 2.75) is 20.3 Å². The van der Waals surface area contributed by atoms with Gasteiger partial charge in [-0.2, -0.15) is 10.2 Å². The summed E-state index contributed by atoms with van der Waals surface area (Å²) < 4.78 is 0. The minimum Gasteiger partial charge on any atom is -0.323 e. The van der Waals surface area contributed by atoms with Crippen LogP contribution in [0.2, 0.25) is 0 Å². The number of carbonyl (C=O) groups excluding carboxylic acids is 1. The summed E-state index contributed by atoms with van der Waals surface area (Å²) in [6.45, 7) is 3.94. The lowest BCUT2D eigenvalue weighted by Gasteiger charge is -2.15. The Balaban J connectivity index is 2.86. The zero-order valence-corrected chi connectivity index (χ0v) is 13.1. The van der Waals surface area contributed by atoms with E-state index in [1.165, 1.54) is 12.2 Å². The van der Waals surface area contributed by atoms with E-state index >= 15 is 0 Å². The smallest absolute Gasteiger partial charge is 0.237 e. The Hall–Kier alpha value is -2.47. The molecule has 0 aromatic carbocycles. The van der Waals surface area contributed by atoms with Gasteiger partial charge in [-0.3, -0.25) is 14.6 Å². The fourth-order valence-corrected chi connectivity index (χ4v) is 1.98. The SMILES string of the molecule is CC/C(=C\C=C/C(C)/C(=N\N)c1ccncc1)N(C=O)OC. The predicted molar refractivity (Wildman–Crippen MR) is 86.6 cm³/mol. The lowest BCUT2D eigenvalue weighted by molar-refractivity contribution is -0.150. The Labute approximate surface area is 130 Å². The molecule has 1 amide bonds. The Morgan fingerprint density at radius 1 is 1.50 bits per heavy atom. The molecular formula is C16H22N4O2. The van der Waals surface area contributed by atoms with E-state index in [-0.39, 0.29) is 5.92 Å². The van der Waals surface area contributed by atoms with Crippen molar-refractivity contribution >= 4 is 12.1 Å². The maximum atomic E-state index is 10.9. The molecule has 0 fully saturated rings. The Bertz CT molecular complexity index is 553. The van der Waals surface area contributed by atoms with E-state index in [9.17, 15) is 4.79 Å². The highest BCUT2D eigenvalue weighted by molar-refractivity contribution is 6.02. The van der Waals surface area contributed by atoms with Gasteiger partial charge in [0.25, 0.3) is 0 Å². The summed E-state index contributed by atoms with van der Waals surface area (Å²) in [4.78, 5) is 19.8. The summed E-state index contributed by atoms with van der Waals surface area (Å²) >= 11 is 0. The van der Waals surface area contributed by atoms with Gasteiger partial charge in [0.15, 0.2) is 0 Å². The molecule has 2 N–H and O–H groups in total. The maximum Gasteiger partial charge on any atom is 0.237 e. The molecule has 0 aliphatic carbocycles. The molecule has 1 atom stereocenters. The van der Waals surface area contributed by atoms with Gasteiger partial charge in [-0.25, -0.2) is 0 Å². The molecule has 0 saturated carbocycles. The van der Waals surface area contributed by atoms with Crippen LogP contribution in [-0.4, -0.2) is 29.3 Å². The van der Waals surface area contributed by atoms with Crippen molar-refractivity contribution < 1.29 is 9.63 Å². The molecule has 22 heavy (non-hydrogen) atoms. The topological polar surface area (TPSA) is 80.8 Å². The van der Waals surface area contributed by atoms with Gasteiger partial charge in [-0.05, 0) is 24.6 Å². The number of hydroxylamine groups is 2. The molecule has 1 aromatic rings. The van der Waals surface area contributed by atoms with Gasteiger partial charge >= 0.3 is 0 Å². The van der Waals surface area contributed by atoms with Crippen molar-refractivity contribution in [2.24, 2.45) is 16.9 Å². The monoisotopic (exact) mass is 302 g/mol. The highest BCUT2D eigenvalue weighted by Crippen LogP contribution is 2.12. The van der Waals surface area contributed by atoms with Crippen molar-refractivity contribution in [3.05, 3.63) is 54.0 Å². The van der Waals surface area contributed by atoms with Crippen LogP contribution in [0.4, 0.5) is 0 Å². The van der Waals surface area contributed by atoms with Gasteiger partial charge in [0.05, 0.1) is 12.8 Å². The number of rotatable bonds is 8. The molecule has 0 spiro atoms. The standard InChI is InChI=1S/C16H22N4O2/c1-4-15(20(12-21)22-3)7-5-6-13(2)16(19-17)14-8-10-18-11-9-14/h5-13H,4,17H2,1-3H3/b6-5-,15-7+,19-16+. The van der Waals surface area contributed by atoms with Crippen molar-refractivity contribution in [1.82, 2.24) is 10.0 Å². The first-order chi connectivity index (χ1) is 10.7. The second-order valence-corrected chi connectivity index (χ2v) is 4.55. The van der Waals surface area contributed by atoms with E-state index in [2.05, 4.69) is 10.1 Å². The molecule has 1 heterocycles. The van der Waals surface area contributed by atoms with E-state index in [0.29, 0.717) is 12.8 Å². The number of carbonyl (C=O) groups is 1. The molecule has 0 radical (unpaired) electrons. The summed E-state index contributed by atoms with van der Waals surface area (Å²) in [5.41, 5.74) is 2.46. The Kier molecular flexibility index (Phi) is 7.56. The number of hydrazone groups is 1. The van der Waals surface area contributed by atoms with Crippen LogP contribution in [0.5, 0.6) is 0 Å². The van der Waals surface area contributed by atoms with Gasteiger partial charge in [0.2, 0.25) is 6.41 Å². The highest BCUT2D eigenvalue weighted by atomic mass is 16.7. The lowest BCUT2D eigenvalue weighted by Crippen LogP contribution is -2.19.